The average molecular weight is 231 g/mol. The van der Waals surface area contributed by atoms with Gasteiger partial charge in [0.15, 0.2) is 0 Å². The Balaban J connectivity index is 2.38. The molecular weight excluding hydrogens is 214 g/mol. The first kappa shape index (κ1) is 11.7. The van der Waals surface area contributed by atoms with Gasteiger partial charge in [0.1, 0.15) is 5.75 Å². The van der Waals surface area contributed by atoms with Crippen molar-refractivity contribution in [3.8, 4) is 17.0 Å². The van der Waals surface area contributed by atoms with Crippen molar-refractivity contribution in [2.45, 2.75) is 6.54 Å². The van der Waals surface area contributed by atoms with Crippen LogP contribution in [0.2, 0.25) is 0 Å². The van der Waals surface area contributed by atoms with Gasteiger partial charge in [0, 0.05) is 19.2 Å². The Morgan fingerprint density at radius 1 is 1.29 bits per heavy atom. The third-order valence-corrected chi connectivity index (χ3v) is 2.77. The molecule has 4 nitrogen and oxygen atoms in total. The molecular formula is C13H17N3O. The molecule has 1 N–H and O–H groups in total. The second-order valence-corrected chi connectivity index (χ2v) is 3.91. The second-order valence-electron chi connectivity index (χ2n) is 3.91. The zero-order valence-electron chi connectivity index (χ0n) is 10.4. The molecule has 0 atom stereocenters. The number of imidazole rings is 1. The van der Waals surface area contributed by atoms with E-state index in [0.29, 0.717) is 0 Å². The van der Waals surface area contributed by atoms with Crippen LogP contribution in [-0.4, -0.2) is 23.7 Å². The number of hydrogen-bond acceptors (Lipinski definition) is 3. The molecule has 17 heavy (non-hydrogen) atoms. The number of methoxy groups -OCH3 is 1. The van der Waals surface area contributed by atoms with Crippen LogP contribution < -0.4 is 10.1 Å². The van der Waals surface area contributed by atoms with E-state index in [2.05, 4.69) is 10.3 Å². The van der Waals surface area contributed by atoms with Crippen molar-refractivity contribution in [2.75, 3.05) is 14.2 Å². The van der Waals surface area contributed by atoms with Crippen LogP contribution in [0.25, 0.3) is 11.3 Å². The Bertz CT molecular complexity index is 488. The minimum atomic E-state index is 0.803. The van der Waals surface area contributed by atoms with Crippen LogP contribution in [0.1, 0.15) is 5.69 Å². The van der Waals surface area contributed by atoms with Gasteiger partial charge in [-0.25, -0.2) is 4.98 Å². The first-order valence-electron chi connectivity index (χ1n) is 5.55. The minimum absolute atomic E-state index is 0.803. The van der Waals surface area contributed by atoms with Gasteiger partial charge in [-0.2, -0.15) is 0 Å². The number of aromatic nitrogens is 2. The summed E-state index contributed by atoms with van der Waals surface area (Å²) >= 11 is 0. The normalized spacial score (nSPS) is 10.5. The van der Waals surface area contributed by atoms with Crippen molar-refractivity contribution in [1.29, 1.82) is 0 Å². The number of benzene rings is 1. The molecule has 0 aliphatic rings. The SMILES string of the molecule is CNCc1c(-c2ccc(OC)cc2)ncn1C. The summed E-state index contributed by atoms with van der Waals surface area (Å²) < 4.78 is 7.19. The van der Waals surface area contributed by atoms with Crippen LogP contribution in [0.3, 0.4) is 0 Å². The maximum absolute atomic E-state index is 5.15. The first-order chi connectivity index (χ1) is 8.26. The van der Waals surface area contributed by atoms with Crippen LogP contribution in [0.4, 0.5) is 0 Å². The van der Waals surface area contributed by atoms with Gasteiger partial charge in [0.2, 0.25) is 0 Å². The summed E-state index contributed by atoms with van der Waals surface area (Å²) in [6.45, 7) is 0.803. The fourth-order valence-electron chi connectivity index (χ4n) is 1.82. The first-order valence-corrected chi connectivity index (χ1v) is 5.55. The summed E-state index contributed by atoms with van der Waals surface area (Å²) in [5.74, 6) is 0.861. The molecule has 4 heteroatoms. The van der Waals surface area contributed by atoms with E-state index in [9.17, 15) is 0 Å². The van der Waals surface area contributed by atoms with E-state index in [4.69, 9.17) is 4.74 Å². The van der Waals surface area contributed by atoms with Crippen molar-refractivity contribution in [3.63, 3.8) is 0 Å². The monoisotopic (exact) mass is 231 g/mol. The molecule has 0 fully saturated rings. The summed E-state index contributed by atoms with van der Waals surface area (Å²) in [4.78, 5) is 4.44. The second kappa shape index (κ2) is 5.01. The van der Waals surface area contributed by atoms with Gasteiger partial charge in [-0.1, -0.05) is 0 Å². The van der Waals surface area contributed by atoms with Crippen LogP contribution in [-0.2, 0) is 13.6 Å². The van der Waals surface area contributed by atoms with Crippen LogP contribution in [0, 0.1) is 0 Å². The Labute approximate surface area is 101 Å². The predicted octanol–water partition coefficient (Wildman–Crippen LogP) is 1.82. The molecule has 0 aliphatic heterocycles. The molecule has 1 aromatic carbocycles. The van der Waals surface area contributed by atoms with Crippen molar-refractivity contribution >= 4 is 0 Å². The number of ether oxygens (including phenoxy) is 1. The van der Waals surface area contributed by atoms with Gasteiger partial charge in [-0.05, 0) is 31.3 Å². The summed E-state index contributed by atoms with van der Waals surface area (Å²) in [6.07, 6.45) is 1.84. The molecule has 0 aliphatic carbocycles. The maximum Gasteiger partial charge on any atom is 0.118 e. The quantitative estimate of drug-likeness (QED) is 0.872. The van der Waals surface area contributed by atoms with Gasteiger partial charge in [0.25, 0.3) is 0 Å². The lowest BCUT2D eigenvalue weighted by atomic mass is 10.1. The lowest BCUT2D eigenvalue weighted by Crippen LogP contribution is -2.09. The fourth-order valence-corrected chi connectivity index (χ4v) is 1.82. The molecule has 2 rings (SSSR count). The smallest absolute Gasteiger partial charge is 0.118 e. The molecule has 0 bridgehead atoms. The lowest BCUT2D eigenvalue weighted by Gasteiger charge is -2.06. The molecule has 2 aromatic rings. The van der Waals surface area contributed by atoms with Crippen molar-refractivity contribution in [3.05, 3.63) is 36.3 Å². The predicted molar refractivity (Wildman–Crippen MR) is 68.0 cm³/mol. The minimum Gasteiger partial charge on any atom is -0.497 e. The number of nitrogens with one attached hydrogen (secondary N) is 1. The zero-order valence-corrected chi connectivity index (χ0v) is 10.4. The maximum atomic E-state index is 5.15. The summed E-state index contributed by atoms with van der Waals surface area (Å²) in [5.41, 5.74) is 3.30. The molecule has 1 aromatic heterocycles. The van der Waals surface area contributed by atoms with Crippen molar-refractivity contribution < 1.29 is 4.74 Å². The Morgan fingerprint density at radius 2 is 2.00 bits per heavy atom. The van der Waals surface area contributed by atoms with E-state index < -0.39 is 0 Å². The number of hydrogen-bond donors (Lipinski definition) is 1. The van der Waals surface area contributed by atoms with E-state index in [-0.39, 0.29) is 0 Å². The largest absolute Gasteiger partial charge is 0.497 e. The van der Waals surface area contributed by atoms with E-state index in [0.717, 1.165) is 23.6 Å². The van der Waals surface area contributed by atoms with Gasteiger partial charge in [0.05, 0.1) is 24.8 Å². The van der Waals surface area contributed by atoms with Gasteiger partial charge < -0.3 is 14.6 Å². The standard InChI is InChI=1S/C13H17N3O/c1-14-8-12-13(15-9-16(12)2)10-4-6-11(17-3)7-5-10/h4-7,9,14H,8H2,1-3H3. The number of nitrogens with zero attached hydrogens (tertiary/aromatic N) is 2. The Morgan fingerprint density at radius 3 is 2.59 bits per heavy atom. The van der Waals surface area contributed by atoms with Crippen LogP contribution >= 0.6 is 0 Å². The number of aryl methyl sites for hydroxylation is 1. The van der Waals surface area contributed by atoms with Gasteiger partial charge >= 0.3 is 0 Å². The molecule has 0 saturated carbocycles. The fraction of sp³-hybridized carbons (Fsp3) is 0.308. The van der Waals surface area contributed by atoms with Crippen LogP contribution in [0.15, 0.2) is 30.6 Å². The average Bonchev–Trinajstić information content (AvgIpc) is 2.72. The van der Waals surface area contributed by atoms with Gasteiger partial charge in [-0.3, -0.25) is 0 Å². The van der Waals surface area contributed by atoms with Crippen LogP contribution in [0.5, 0.6) is 5.75 Å². The Kier molecular flexibility index (Phi) is 3.44. The molecule has 0 saturated heterocycles. The molecule has 0 amide bonds. The van der Waals surface area contributed by atoms with E-state index >= 15 is 0 Å². The molecule has 0 unspecified atom stereocenters. The highest BCUT2D eigenvalue weighted by molar-refractivity contribution is 5.62. The highest BCUT2D eigenvalue weighted by Crippen LogP contribution is 2.24. The topological polar surface area (TPSA) is 39.1 Å². The molecule has 0 spiro atoms. The molecule has 90 valence electrons. The Hall–Kier alpha value is -1.81. The summed E-state index contributed by atoms with van der Waals surface area (Å²) in [7, 11) is 5.61. The third kappa shape index (κ3) is 2.31. The van der Waals surface area contributed by atoms with E-state index in [1.54, 1.807) is 7.11 Å². The van der Waals surface area contributed by atoms with E-state index in [1.165, 1.54) is 5.69 Å². The summed E-state index contributed by atoms with van der Waals surface area (Å²) in [5, 5.41) is 3.16. The van der Waals surface area contributed by atoms with Crippen molar-refractivity contribution in [1.82, 2.24) is 14.9 Å². The van der Waals surface area contributed by atoms with E-state index in [1.807, 2.05) is 49.3 Å². The highest BCUT2D eigenvalue weighted by Gasteiger charge is 2.10. The zero-order chi connectivity index (χ0) is 12.3. The summed E-state index contributed by atoms with van der Waals surface area (Å²) in [6, 6.07) is 7.96. The third-order valence-electron chi connectivity index (χ3n) is 2.77. The highest BCUT2D eigenvalue weighted by atomic mass is 16.5. The molecule has 1 heterocycles. The van der Waals surface area contributed by atoms with Gasteiger partial charge in [-0.15, -0.1) is 0 Å². The lowest BCUT2D eigenvalue weighted by molar-refractivity contribution is 0.415. The number of rotatable bonds is 4. The molecule has 0 radical (unpaired) electrons. The van der Waals surface area contributed by atoms with Crippen molar-refractivity contribution in [2.24, 2.45) is 7.05 Å².